The van der Waals surface area contributed by atoms with Crippen LogP contribution in [0.3, 0.4) is 0 Å². The van der Waals surface area contributed by atoms with E-state index in [4.69, 9.17) is 9.47 Å². The standard InChI is InChI=1S/C16H23NO4/c1-11-9-12(20-6)7-8-13(11)16(5,10-18)17-14(19)21-15(2,3)4/h7-10H,1-6H3,(H,17,19). The number of methoxy groups -OCH3 is 1. The van der Waals surface area contributed by atoms with E-state index in [0.29, 0.717) is 17.6 Å². The predicted octanol–water partition coefficient (Wildman–Crippen LogP) is 2.94. The Labute approximate surface area is 125 Å². The van der Waals surface area contributed by atoms with E-state index >= 15 is 0 Å². The Hall–Kier alpha value is -2.04. The molecule has 116 valence electrons. The third-order valence-corrected chi connectivity index (χ3v) is 2.99. The van der Waals surface area contributed by atoms with Crippen molar-refractivity contribution in [2.24, 2.45) is 0 Å². The first-order chi connectivity index (χ1) is 9.61. The molecule has 0 aliphatic carbocycles. The molecule has 0 radical (unpaired) electrons. The molecule has 5 heteroatoms. The molecule has 0 heterocycles. The molecule has 0 saturated carbocycles. The summed E-state index contributed by atoms with van der Waals surface area (Å²) >= 11 is 0. The monoisotopic (exact) mass is 293 g/mol. The van der Waals surface area contributed by atoms with Crippen LogP contribution in [-0.4, -0.2) is 25.1 Å². The fraction of sp³-hybridized carbons (Fsp3) is 0.500. The van der Waals surface area contributed by atoms with Crippen molar-refractivity contribution in [1.29, 1.82) is 0 Å². The Balaban J connectivity index is 3.04. The molecular formula is C16H23NO4. The van der Waals surface area contributed by atoms with E-state index < -0.39 is 17.2 Å². The Morgan fingerprint density at radius 2 is 1.86 bits per heavy atom. The van der Waals surface area contributed by atoms with E-state index in [-0.39, 0.29) is 0 Å². The highest BCUT2D eigenvalue weighted by Gasteiger charge is 2.31. The lowest BCUT2D eigenvalue weighted by Crippen LogP contribution is -2.47. The molecule has 1 unspecified atom stereocenters. The first-order valence-electron chi connectivity index (χ1n) is 6.74. The molecule has 0 aromatic heterocycles. The summed E-state index contributed by atoms with van der Waals surface area (Å²) in [6, 6.07) is 5.33. The number of rotatable bonds is 4. The summed E-state index contributed by atoms with van der Waals surface area (Å²) in [5, 5.41) is 2.62. The van der Waals surface area contributed by atoms with Gasteiger partial charge in [0.2, 0.25) is 0 Å². The molecule has 0 spiro atoms. The van der Waals surface area contributed by atoms with Crippen molar-refractivity contribution < 1.29 is 19.1 Å². The number of benzene rings is 1. The van der Waals surface area contributed by atoms with Crippen LogP contribution >= 0.6 is 0 Å². The van der Waals surface area contributed by atoms with Crippen molar-refractivity contribution in [1.82, 2.24) is 5.32 Å². The Morgan fingerprint density at radius 3 is 2.29 bits per heavy atom. The van der Waals surface area contributed by atoms with Crippen molar-refractivity contribution >= 4 is 12.4 Å². The number of hydrogen-bond donors (Lipinski definition) is 1. The highest BCUT2D eigenvalue weighted by Crippen LogP contribution is 2.26. The highest BCUT2D eigenvalue weighted by molar-refractivity contribution is 5.78. The Bertz CT molecular complexity index is 534. The number of amides is 1. The molecule has 1 aromatic carbocycles. The SMILES string of the molecule is COc1ccc(C(C)(C=O)NC(=O)OC(C)(C)C)c(C)c1. The van der Waals surface area contributed by atoms with E-state index in [1.165, 1.54) is 0 Å². The molecule has 1 N–H and O–H groups in total. The fourth-order valence-corrected chi connectivity index (χ4v) is 2.02. The number of nitrogens with one attached hydrogen (secondary N) is 1. The predicted molar refractivity (Wildman–Crippen MR) is 80.5 cm³/mol. The molecule has 0 saturated heterocycles. The minimum atomic E-state index is -1.15. The first kappa shape index (κ1) is 17.0. The molecule has 5 nitrogen and oxygen atoms in total. The zero-order valence-electron chi connectivity index (χ0n) is 13.4. The maximum Gasteiger partial charge on any atom is 0.408 e. The van der Waals surface area contributed by atoms with Crippen LogP contribution in [0.15, 0.2) is 18.2 Å². The van der Waals surface area contributed by atoms with Crippen molar-refractivity contribution in [3.05, 3.63) is 29.3 Å². The number of carbonyl (C=O) groups excluding carboxylic acids is 2. The molecule has 0 bridgehead atoms. The largest absolute Gasteiger partial charge is 0.497 e. The zero-order valence-corrected chi connectivity index (χ0v) is 13.4. The summed E-state index contributed by atoms with van der Waals surface area (Å²) in [4.78, 5) is 23.5. The summed E-state index contributed by atoms with van der Waals surface area (Å²) < 4.78 is 10.4. The summed E-state index contributed by atoms with van der Waals surface area (Å²) in [5.41, 5.74) is -0.231. The highest BCUT2D eigenvalue weighted by atomic mass is 16.6. The molecule has 1 amide bonds. The molecule has 21 heavy (non-hydrogen) atoms. The molecule has 1 atom stereocenters. The van der Waals surface area contributed by atoms with E-state index in [1.54, 1.807) is 46.9 Å². The van der Waals surface area contributed by atoms with E-state index in [2.05, 4.69) is 5.32 Å². The quantitative estimate of drug-likeness (QED) is 0.867. The fourth-order valence-electron chi connectivity index (χ4n) is 2.02. The summed E-state index contributed by atoms with van der Waals surface area (Å²) in [6.07, 6.45) is 0.0680. The van der Waals surface area contributed by atoms with Gasteiger partial charge in [0.05, 0.1) is 7.11 Å². The average Bonchev–Trinajstić information content (AvgIpc) is 2.35. The second kappa shape index (κ2) is 6.16. The van der Waals surface area contributed by atoms with Gasteiger partial charge in [-0.2, -0.15) is 0 Å². The van der Waals surface area contributed by atoms with Gasteiger partial charge in [0.15, 0.2) is 0 Å². The minimum Gasteiger partial charge on any atom is -0.497 e. The van der Waals surface area contributed by atoms with Crippen molar-refractivity contribution in [2.75, 3.05) is 7.11 Å². The summed E-state index contributed by atoms with van der Waals surface area (Å²) in [6.45, 7) is 8.80. The van der Waals surface area contributed by atoms with Crippen LogP contribution in [0.1, 0.15) is 38.8 Å². The number of carbonyl (C=O) groups is 2. The van der Waals surface area contributed by atoms with Crippen LogP contribution in [-0.2, 0) is 15.1 Å². The summed E-state index contributed by atoms with van der Waals surface area (Å²) in [7, 11) is 1.58. The summed E-state index contributed by atoms with van der Waals surface area (Å²) in [5.74, 6) is 0.696. The number of ether oxygens (including phenoxy) is 2. The number of aldehydes is 1. The lowest BCUT2D eigenvalue weighted by molar-refractivity contribution is -0.113. The number of aryl methyl sites for hydroxylation is 1. The van der Waals surface area contributed by atoms with Gasteiger partial charge in [-0.05, 0) is 57.9 Å². The number of alkyl carbamates (subject to hydrolysis) is 1. The molecule has 0 aliphatic rings. The van der Waals surface area contributed by atoms with Crippen LogP contribution < -0.4 is 10.1 Å². The zero-order chi connectivity index (χ0) is 16.3. The van der Waals surface area contributed by atoms with Crippen LogP contribution in [0.25, 0.3) is 0 Å². The molecule has 0 aliphatic heterocycles. The average molecular weight is 293 g/mol. The van der Waals surface area contributed by atoms with Gasteiger partial charge in [-0.15, -0.1) is 0 Å². The van der Waals surface area contributed by atoms with Gasteiger partial charge >= 0.3 is 6.09 Å². The second-order valence-electron chi connectivity index (χ2n) is 6.13. The van der Waals surface area contributed by atoms with Crippen molar-refractivity contribution in [2.45, 2.75) is 45.8 Å². The van der Waals surface area contributed by atoms with E-state index in [1.807, 2.05) is 13.0 Å². The first-order valence-corrected chi connectivity index (χ1v) is 6.74. The van der Waals surface area contributed by atoms with Crippen LogP contribution in [0.2, 0.25) is 0 Å². The minimum absolute atomic E-state index is 0.622. The third kappa shape index (κ3) is 4.48. The van der Waals surface area contributed by atoms with Gasteiger partial charge in [0, 0.05) is 0 Å². The second-order valence-corrected chi connectivity index (χ2v) is 6.13. The lowest BCUT2D eigenvalue weighted by Gasteiger charge is -2.29. The topological polar surface area (TPSA) is 64.6 Å². The van der Waals surface area contributed by atoms with Crippen LogP contribution in [0.5, 0.6) is 5.75 Å². The third-order valence-electron chi connectivity index (χ3n) is 2.99. The molecule has 0 fully saturated rings. The van der Waals surface area contributed by atoms with Crippen LogP contribution in [0, 0.1) is 6.92 Å². The van der Waals surface area contributed by atoms with Crippen LogP contribution in [0.4, 0.5) is 4.79 Å². The van der Waals surface area contributed by atoms with Gasteiger partial charge in [-0.3, -0.25) is 0 Å². The van der Waals surface area contributed by atoms with Gasteiger partial charge in [-0.25, -0.2) is 4.79 Å². The maximum absolute atomic E-state index is 11.9. The van der Waals surface area contributed by atoms with Gasteiger partial charge in [0.1, 0.15) is 23.2 Å². The van der Waals surface area contributed by atoms with Gasteiger partial charge in [-0.1, -0.05) is 6.07 Å². The molecule has 1 aromatic rings. The normalized spacial score (nSPS) is 14.0. The van der Waals surface area contributed by atoms with Crippen molar-refractivity contribution in [3.63, 3.8) is 0 Å². The Kier molecular flexibility index (Phi) is 4.99. The maximum atomic E-state index is 11.9. The lowest BCUT2D eigenvalue weighted by atomic mass is 9.90. The Morgan fingerprint density at radius 1 is 1.24 bits per heavy atom. The van der Waals surface area contributed by atoms with E-state index in [0.717, 1.165) is 5.56 Å². The van der Waals surface area contributed by atoms with Gasteiger partial charge in [0.25, 0.3) is 0 Å². The number of hydrogen-bond acceptors (Lipinski definition) is 4. The van der Waals surface area contributed by atoms with Crippen molar-refractivity contribution in [3.8, 4) is 5.75 Å². The van der Waals surface area contributed by atoms with Gasteiger partial charge < -0.3 is 19.6 Å². The smallest absolute Gasteiger partial charge is 0.408 e. The molecular weight excluding hydrogens is 270 g/mol. The van der Waals surface area contributed by atoms with E-state index in [9.17, 15) is 9.59 Å². The molecule has 1 rings (SSSR count).